The monoisotopic (exact) mass is 340 g/mol. The Morgan fingerprint density at radius 3 is 2.42 bits per heavy atom. The molecule has 2 aromatic rings. The summed E-state index contributed by atoms with van der Waals surface area (Å²) in [5.74, 6) is -1.14. The largest absolute Gasteiger partial charge is 0.491 e. The number of carbonyl (C=O) groups is 1. The van der Waals surface area contributed by atoms with E-state index in [4.69, 9.17) is 9.15 Å². The minimum atomic E-state index is -0.914. The van der Waals surface area contributed by atoms with E-state index in [1.54, 1.807) is 19.1 Å². The molecule has 1 aromatic carbocycles. The fourth-order valence-electron chi connectivity index (χ4n) is 2.15. The lowest BCUT2D eigenvalue weighted by molar-refractivity contribution is 0.158. The molecule has 6 nitrogen and oxygen atoms in total. The summed E-state index contributed by atoms with van der Waals surface area (Å²) in [6.07, 6.45) is 0. The van der Waals surface area contributed by atoms with Crippen LogP contribution in [0.15, 0.2) is 28.7 Å². The molecule has 0 aliphatic heterocycles. The average molecular weight is 340 g/mol. The van der Waals surface area contributed by atoms with Gasteiger partial charge in [0, 0.05) is 24.9 Å². The molecule has 0 fully saturated rings. The van der Waals surface area contributed by atoms with Crippen LogP contribution in [0.2, 0.25) is 0 Å². The van der Waals surface area contributed by atoms with Crippen LogP contribution in [0, 0.1) is 18.6 Å². The van der Waals surface area contributed by atoms with Crippen molar-refractivity contribution >= 4 is 11.7 Å². The second-order valence-corrected chi connectivity index (χ2v) is 5.03. The summed E-state index contributed by atoms with van der Waals surface area (Å²) in [6, 6.07) is 4.19. The van der Waals surface area contributed by atoms with Gasteiger partial charge in [-0.3, -0.25) is 0 Å². The smallest absolute Gasteiger partial charge is 0.319 e. The van der Waals surface area contributed by atoms with Gasteiger partial charge in [0.15, 0.2) is 17.4 Å². The van der Waals surface area contributed by atoms with E-state index in [0.29, 0.717) is 11.5 Å². The first-order chi connectivity index (χ1) is 11.4. The number of halogens is 2. The molecule has 1 atom stereocenters. The number of amides is 2. The van der Waals surface area contributed by atoms with Crippen LogP contribution in [-0.4, -0.2) is 26.9 Å². The number of anilines is 1. The maximum atomic E-state index is 13.6. The van der Waals surface area contributed by atoms with Crippen molar-refractivity contribution < 1.29 is 27.5 Å². The van der Waals surface area contributed by atoms with Crippen molar-refractivity contribution in [2.45, 2.75) is 13.0 Å². The number of urea groups is 1. The van der Waals surface area contributed by atoms with Crippen molar-refractivity contribution in [3.63, 3.8) is 0 Å². The predicted molar refractivity (Wildman–Crippen MR) is 83.1 cm³/mol. The summed E-state index contributed by atoms with van der Waals surface area (Å²) in [4.78, 5) is 12.1. The first kappa shape index (κ1) is 17.7. The average Bonchev–Trinajstić information content (AvgIpc) is 2.93. The van der Waals surface area contributed by atoms with E-state index in [9.17, 15) is 13.6 Å². The summed E-state index contributed by atoms with van der Waals surface area (Å²) in [7, 11) is 2.64. The number of methoxy groups -OCH3 is 2. The van der Waals surface area contributed by atoms with E-state index in [1.807, 2.05) is 0 Å². The standard InChI is InChI=1S/C16H18F2N2O4/c1-9-4-5-14(24-9)13(8-22-2)20-16(21)19-10-6-11(17)15(23-3)12(18)7-10/h4-7,13H,8H2,1-3H3,(H2,19,20,21)/t13-/m1/s1. The maximum Gasteiger partial charge on any atom is 0.319 e. The third-order valence-corrected chi connectivity index (χ3v) is 3.20. The summed E-state index contributed by atoms with van der Waals surface area (Å²) in [5.41, 5.74) is -0.0462. The number of furan rings is 1. The fourth-order valence-corrected chi connectivity index (χ4v) is 2.15. The summed E-state index contributed by atoms with van der Waals surface area (Å²) >= 11 is 0. The van der Waals surface area contributed by atoms with Crippen molar-refractivity contribution in [2.24, 2.45) is 0 Å². The Kier molecular flexibility index (Phi) is 5.75. The van der Waals surface area contributed by atoms with Crippen LogP contribution in [0.5, 0.6) is 5.75 Å². The second kappa shape index (κ2) is 7.78. The third kappa shape index (κ3) is 4.23. The molecule has 8 heteroatoms. The first-order valence-electron chi connectivity index (χ1n) is 7.10. The van der Waals surface area contributed by atoms with E-state index >= 15 is 0 Å². The molecule has 24 heavy (non-hydrogen) atoms. The van der Waals surface area contributed by atoms with Gasteiger partial charge in [-0.15, -0.1) is 0 Å². The Labute approximate surface area is 137 Å². The molecular weight excluding hydrogens is 322 g/mol. The molecule has 2 N–H and O–H groups in total. The van der Waals surface area contributed by atoms with E-state index in [-0.39, 0.29) is 12.3 Å². The number of ether oxygens (including phenoxy) is 2. The summed E-state index contributed by atoms with van der Waals surface area (Å²) in [6.45, 7) is 1.95. The van der Waals surface area contributed by atoms with E-state index < -0.39 is 29.5 Å². The molecular formula is C16H18F2N2O4. The van der Waals surface area contributed by atoms with Crippen LogP contribution >= 0.6 is 0 Å². The fraction of sp³-hybridized carbons (Fsp3) is 0.312. The van der Waals surface area contributed by atoms with Crippen molar-refractivity contribution in [1.82, 2.24) is 5.32 Å². The van der Waals surface area contributed by atoms with Gasteiger partial charge in [-0.05, 0) is 19.1 Å². The van der Waals surface area contributed by atoms with Crippen LogP contribution in [0.3, 0.4) is 0 Å². The molecule has 2 amide bonds. The summed E-state index contributed by atoms with van der Waals surface area (Å²) in [5, 5.41) is 4.98. The first-order valence-corrected chi connectivity index (χ1v) is 7.10. The number of aryl methyl sites for hydroxylation is 1. The van der Waals surface area contributed by atoms with E-state index in [0.717, 1.165) is 19.2 Å². The Bertz CT molecular complexity index is 695. The zero-order chi connectivity index (χ0) is 17.7. The molecule has 1 heterocycles. The van der Waals surface area contributed by atoms with Crippen LogP contribution in [0.4, 0.5) is 19.3 Å². The van der Waals surface area contributed by atoms with Crippen LogP contribution in [-0.2, 0) is 4.74 Å². The minimum Gasteiger partial charge on any atom is -0.491 e. The molecule has 0 saturated heterocycles. The number of benzene rings is 1. The molecule has 0 spiro atoms. The number of rotatable bonds is 6. The SMILES string of the molecule is COC[C@@H](NC(=O)Nc1cc(F)c(OC)c(F)c1)c1ccc(C)o1. The quantitative estimate of drug-likeness (QED) is 0.845. The molecule has 0 bridgehead atoms. The maximum absolute atomic E-state index is 13.6. The molecule has 2 rings (SSSR count). The number of carbonyl (C=O) groups excluding carboxylic acids is 1. The van der Waals surface area contributed by atoms with Gasteiger partial charge in [0.2, 0.25) is 0 Å². The third-order valence-electron chi connectivity index (χ3n) is 3.20. The highest BCUT2D eigenvalue weighted by Gasteiger charge is 2.19. The molecule has 1 aromatic heterocycles. The molecule has 0 aliphatic carbocycles. The van der Waals surface area contributed by atoms with Crippen molar-refractivity contribution in [3.05, 3.63) is 47.4 Å². The van der Waals surface area contributed by atoms with Crippen LogP contribution in [0.25, 0.3) is 0 Å². The second-order valence-electron chi connectivity index (χ2n) is 5.03. The van der Waals surface area contributed by atoms with Crippen molar-refractivity contribution in [2.75, 3.05) is 26.1 Å². The highest BCUT2D eigenvalue weighted by Crippen LogP contribution is 2.25. The van der Waals surface area contributed by atoms with Crippen molar-refractivity contribution in [1.29, 1.82) is 0 Å². The van der Waals surface area contributed by atoms with Crippen LogP contribution < -0.4 is 15.4 Å². The molecule has 0 saturated carbocycles. The predicted octanol–water partition coefficient (Wildman–Crippen LogP) is 3.38. The lowest BCUT2D eigenvalue weighted by Crippen LogP contribution is -2.34. The number of hydrogen-bond donors (Lipinski definition) is 2. The Morgan fingerprint density at radius 1 is 1.25 bits per heavy atom. The Balaban J connectivity index is 2.08. The lowest BCUT2D eigenvalue weighted by Gasteiger charge is -2.16. The van der Waals surface area contributed by atoms with Gasteiger partial charge in [-0.1, -0.05) is 0 Å². The zero-order valence-corrected chi connectivity index (χ0v) is 13.5. The molecule has 0 radical (unpaired) electrons. The lowest BCUT2D eigenvalue weighted by atomic mass is 10.2. The number of hydrogen-bond acceptors (Lipinski definition) is 4. The number of nitrogens with one attached hydrogen (secondary N) is 2. The summed E-state index contributed by atoms with van der Waals surface area (Å²) < 4.78 is 42.4. The molecule has 130 valence electrons. The zero-order valence-electron chi connectivity index (χ0n) is 13.5. The van der Waals surface area contributed by atoms with Gasteiger partial charge in [0.05, 0.1) is 13.7 Å². The van der Waals surface area contributed by atoms with E-state index in [1.165, 1.54) is 7.11 Å². The highest BCUT2D eigenvalue weighted by molar-refractivity contribution is 5.89. The van der Waals surface area contributed by atoms with E-state index in [2.05, 4.69) is 15.4 Å². The van der Waals surface area contributed by atoms with Crippen LogP contribution in [0.1, 0.15) is 17.6 Å². The van der Waals surface area contributed by atoms with Gasteiger partial charge >= 0.3 is 6.03 Å². The van der Waals surface area contributed by atoms with Crippen molar-refractivity contribution in [3.8, 4) is 5.75 Å². The Morgan fingerprint density at radius 2 is 1.92 bits per heavy atom. The molecule has 0 aliphatic rings. The van der Waals surface area contributed by atoms with Gasteiger partial charge in [-0.2, -0.15) is 0 Å². The van der Waals surface area contributed by atoms with Gasteiger partial charge < -0.3 is 24.5 Å². The topological polar surface area (TPSA) is 72.7 Å². The Hall–Kier alpha value is -2.61. The minimum absolute atomic E-state index is 0.0462. The van der Waals surface area contributed by atoms with Gasteiger partial charge in [0.1, 0.15) is 17.6 Å². The normalized spacial score (nSPS) is 11.9. The van der Waals surface area contributed by atoms with Gasteiger partial charge in [0.25, 0.3) is 0 Å². The van der Waals surface area contributed by atoms with Gasteiger partial charge in [-0.25, -0.2) is 13.6 Å². The highest BCUT2D eigenvalue weighted by atomic mass is 19.1. The molecule has 0 unspecified atom stereocenters.